The lowest BCUT2D eigenvalue weighted by molar-refractivity contribution is 0.216. The van der Waals surface area contributed by atoms with E-state index in [1.807, 2.05) is 72.8 Å². The number of nitrogens with two attached hydrogens (primary N) is 1. The number of hydrogen-bond acceptors (Lipinski definition) is 7. The number of nitrogens with zero attached hydrogens (tertiary/aromatic N) is 3. The number of ether oxygens (including phenoxy) is 1. The molecule has 7 nitrogen and oxygen atoms in total. The molecule has 1 fully saturated rings. The fraction of sp³-hybridized carbons (Fsp3) is 0.222. The number of pyridine rings is 1. The van der Waals surface area contributed by atoms with Crippen LogP contribution in [0.3, 0.4) is 0 Å². The summed E-state index contributed by atoms with van der Waals surface area (Å²) < 4.78 is 6.14. The SMILES string of the molecule is Nc1nc(Nc2cccc(Oc3ccnc(C4CCC[C@H]4CO)c3)c2)cc(-c2ccccc2)n1. The van der Waals surface area contributed by atoms with Gasteiger partial charge in [-0.25, -0.2) is 4.98 Å². The number of nitrogens with one attached hydrogen (secondary N) is 1. The van der Waals surface area contributed by atoms with E-state index in [4.69, 9.17) is 10.5 Å². The van der Waals surface area contributed by atoms with Crippen molar-refractivity contribution in [2.24, 2.45) is 5.92 Å². The first-order chi connectivity index (χ1) is 16.7. The second-order valence-electron chi connectivity index (χ2n) is 8.51. The number of anilines is 3. The predicted octanol–water partition coefficient (Wildman–Crippen LogP) is 5.53. The van der Waals surface area contributed by atoms with E-state index in [0.29, 0.717) is 11.6 Å². The van der Waals surface area contributed by atoms with Crippen molar-refractivity contribution in [3.05, 3.63) is 84.7 Å². The molecule has 1 unspecified atom stereocenters. The Morgan fingerprint density at radius 3 is 2.65 bits per heavy atom. The Bertz CT molecular complexity index is 1260. The van der Waals surface area contributed by atoms with Crippen LogP contribution < -0.4 is 15.8 Å². The third-order valence-corrected chi connectivity index (χ3v) is 6.18. The molecule has 2 aromatic carbocycles. The lowest BCUT2D eigenvalue weighted by Crippen LogP contribution is -2.11. The van der Waals surface area contributed by atoms with Gasteiger partial charge in [0.2, 0.25) is 5.95 Å². The number of rotatable bonds is 7. The van der Waals surface area contributed by atoms with E-state index in [-0.39, 0.29) is 24.4 Å². The fourth-order valence-corrected chi connectivity index (χ4v) is 4.55. The largest absolute Gasteiger partial charge is 0.457 e. The van der Waals surface area contributed by atoms with Gasteiger partial charge in [0.25, 0.3) is 0 Å². The third kappa shape index (κ3) is 5.00. The molecular formula is C27H27N5O2. The molecule has 4 aromatic rings. The van der Waals surface area contributed by atoms with Crippen molar-refractivity contribution >= 4 is 17.5 Å². The average Bonchev–Trinajstić information content (AvgIpc) is 3.34. The van der Waals surface area contributed by atoms with Crippen LogP contribution in [0.4, 0.5) is 17.5 Å². The molecule has 0 saturated heterocycles. The van der Waals surface area contributed by atoms with Gasteiger partial charge in [0, 0.05) is 53.9 Å². The zero-order valence-corrected chi connectivity index (χ0v) is 18.8. The minimum absolute atomic E-state index is 0.199. The number of nitrogen functional groups attached to an aromatic ring is 1. The monoisotopic (exact) mass is 453 g/mol. The standard InChI is InChI=1S/C27H27N5O2/c28-27-31-24(18-6-2-1-3-7-18)16-26(32-27)30-20-9-5-10-21(14-20)34-22-12-13-29-25(15-22)23-11-4-8-19(23)17-33/h1-3,5-7,9-10,12-16,19,23,33H,4,8,11,17H2,(H3,28,30,31,32)/t19-,23?/m0/s1. The summed E-state index contributed by atoms with van der Waals surface area (Å²) in [6.07, 6.45) is 4.99. The zero-order valence-electron chi connectivity index (χ0n) is 18.8. The van der Waals surface area contributed by atoms with Gasteiger partial charge in [0.1, 0.15) is 17.3 Å². The van der Waals surface area contributed by atoms with Gasteiger partial charge in [-0.3, -0.25) is 4.98 Å². The maximum Gasteiger partial charge on any atom is 0.222 e. The summed E-state index contributed by atoms with van der Waals surface area (Å²) in [5.74, 6) is 2.78. The van der Waals surface area contributed by atoms with Crippen molar-refractivity contribution in [3.8, 4) is 22.8 Å². The van der Waals surface area contributed by atoms with Crippen LogP contribution in [0.1, 0.15) is 30.9 Å². The molecule has 0 bridgehead atoms. The van der Waals surface area contributed by atoms with Crippen LogP contribution in [-0.4, -0.2) is 26.7 Å². The van der Waals surface area contributed by atoms with Crippen molar-refractivity contribution in [2.45, 2.75) is 25.2 Å². The predicted molar refractivity (Wildman–Crippen MR) is 133 cm³/mol. The van der Waals surface area contributed by atoms with E-state index in [9.17, 15) is 5.11 Å². The van der Waals surface area contributed by atoms with E-state index < -0.39 is 0 Å². The highest BCUT2D eigenvalue weighted by atomic mass is 16.5. The maximum absolute atomic E-state index is 9.67. The van der Waals surface area contributed by atoms with Crippen LogP contribution in [0.2, 0.25) is 0 Å². The highest BCUT2D eigenvalue weighted by Crippen LogP contribution is 2.39. The van der Waals surface area contributed by atoms with E-state index in [1.165, 1.54) is 0 Å². The van der Waals surface area contributed by atoms with Crippen LogP contribution in [0.15, 0.2) is 79.0 Å². The lowest BCUT2D eigenvalue weighted by atomic mass is 9.93. The first kappa shape index (κ1) is 21.9. The quantitative estimate of drug-likeness (QED) is 0.338. The molecule has 1 aliphatic carbocycles. The van der Waals surface area contributed by atoms with E-state index in [0.717, 1.165) is 47.7 Å². The van der Waals surface area contributed by atoms with Crippen LogP contribution in [-0.2, 0) is 0 Å². The molecule has 7 heteroatoms. The van der Waals surface area contributed by atoms with Crippen LogP contribution >= 0.6 is 0 Å². The number of hydrogen-bond donors (Lipinski definition) is 3. The minimum Gasteiger partial charge on any atom is -0.457 e. The Balaban J connectivity index is 1.33. The van der Waals surface area contributed by atoms with E-state index >= 15 is 0 Å². The highest BCUT2D eigenvalue weighted by molar-refractivity contribution is 5.67. The molecule has 2 atom stereocenters. The fourth-order valence-electron chi connectivity index (χ4n) is 4.55. The molecule has 0 radical (unpaired) electrons. The Kier molecular flexibility index (Phi) is 6.35. The number of benzene rings is 2. The molecule has 2 heterocycles. The van der Waals surface area contributed by atoms with Gasteiger partial charge in [-0.2, -0.15) is 4.98 Å². The second kappa shape index (κ2) is 9.89. The van der Waals surface area contributed by atoms with Crippen molar-refractivity contribution in [1.29, 1.82) is 0 Å². The molecular weight excluding hydrogens is 426 g/mol. The first-order valence-electron chi connectivity index (χ1n) is 11.5. The van der Waals surface area contributed by atoms with Gasteiger partial charge in [-0.15, -0.1) is 0 Å². The molecule has 1 aliphatic rings. The van der Waals surface area contributed by atoms with Gasteiger partial charge in [0.15, 0.2) is 0 Å². The first-order valence-corrected chi connectivity index (χ1v) is 11.5. The van der Waals surface area contributed by atoms with Gasteiger partial charge in [0.05, 0.1) is 5.69 Å². The molecule has 172 valence electrons. The maximum atomic E-state index is 9.67. The van der Waals surface area contributed by atoms with Crippen LogP contribution in [0.5, 0.6) is 11.5 Å². The van der Waals surface area contributed by atoms with Crippen molar-refractivity contribution in [2.75, 3.05) is 17.7 Å². The van der Waals surface area contributed by atoms with Crippen molar-refractivity contribution in [3.63, 3.8) is 0 Å². The zero-order chi connectivity index (χ0) is 23.3. The number of aliphatic hydroxyl groups excluding tert-OH is 1. The van der Waals surface area contributed by atoms with Gasteiger partial charge in [-0.1, -0.05) is 42.8 Å². The molecule has 34 heavy (non-hydrogen) atoms. The molecule has 0 amide bonds. The summed E-state index contributed by atoms with van der Waals surface area (Å²) in [7, 11) is 0. The third-order valence-electron chi connectivity index (χ3n) is 6.18. The lowest BCUT2D eigenvalue weighted by Gasteiger charge is -2.17. The highest BCUT2D eigenvalue weighted by Gasteiger charge is 2.29. The van der Waals surface area contributed by atoms with Crippen molar-refractivity contribution in [1.82, 2.24) is 15.0 Å². The van der Waals surface area contributed by atoms with Gasteiger partial charge < -0.3 is 20.9 Å². The molecule has 4 N–H and O–H groups in total. The Morgan fingerprint density at radius 1 is 0.941 bits per heavy atom. The summed E-state index contributed by atoms with van der Waals surface area (Å²) in [4.78, 5) is 13.2. The van der Waals surface area contributed by atoms with Gasteiger partial charge >= 0.3 is 0 Å². The molecule has 0 aliphatic heterocycles. The molecule has 0 spiro atoms. The smallest absolute Gasteiger partial charge is 0.222 e. The van der Waals surface area contributed by atoms with Gasteiger partial charge in [-0.05, 0) is 37.0 Å². The number of aliphatic hydroxyl groups is 1. The summed E-state index contributed by atoms with van der Waals surface area (Å²) >= 11 is 0. The molecule has 1 saturated carbocycles. The topological polar surface area (TPSA) is 106 Å². The summed E-state index contributed by atoms with van der Waals surface area (Å²) in [5.41, 5.74) is 9.48. The normalized spacial score (nSPS) is 17.4. The Morgan fingerprint density at radius 2 is 1.79 bits per heavy atom. The van der Waals surface area contributed by atoms with E-state index in [1.54, 1.807) is 6.20 Å². The average molecular weight is 454 g/mol. The molecule has 2 aromatic heterocycles. The van der Waals surface area contributed by atoms with E-state index in [2.05, 4.69) is 20.3 Å². The van der Waals surface area contributed by atoms with Crippen molar-refractivity contribution < 1.29 is 9.84 Å². The summed E-state index contributed by atoms with van der Waals surface area (Å²) in [6, 6.07) is 23.2. The van der Waals surface area contributed by atoms with Crippen LogP contribution in [0.25, 0.3) is 11.3 Å². The minimum atomic E-state index is 0.199. The summed E-state index contributed by atoms with van der Waals surface area (Å²) in [5, 5.41) is 13.0. The second-order valence-corrected chi connectivity index (χ2v) is 8.51. The molecule has 5 rings (SSSR count). The Labute approximate surface area is 198 Å². The number of aromatic nitrogens is 3. The van der Waals surface area contributed by atoms with Crippen LogP contribution in [0, 0.1) is 5.92 Å². The summed E-state index contributed by atoms with van der Waals surface area (Å²) in [6.45, 7) is 0.199. The Hall–Kier alpha value is -3.97.